The van der Waals surface area contributed by atoms with E-state index >= 15 is 0 Å². The summed E-state index contributed by atoms with van der Waals surface area (Å²) in [5, 5.41) is 8.38. The summed E-state index contributed by atoms with van der Waals surface area (Å²) >= 11 is 2.90. The lowest BCUT2D eigenvalue weighted by Crippen LogP contribution is -2.00. The van der Waals surface area contributed by atoms with Crippen molar-refractivity contribution in [2.75, 3.05) is 0 Å². The van der Waals surface area contributed by atoms with Crippen LogP contribution in [0.5, 0.6) is 0 Å². The number of carboxylic acid groups (broad SMARTS) is 1. The molecule has 0 atom stereocenters. The molecule has 0 heterocycles. The Labute approximate surface area is 87.7 Å². The molecule has 0 aliphatic carbocycles. The van der Waals surface area contributed by atoms with Crippen LogP contribution in [0.1, 0.15) is 12.0 Å². The third kappa shape index (κ3) is 2.77. The minimum Gasteiger partial charge on any atom is -0.481 e. The summed E-state index contributed by atoms with van der Waals surface area (Å²) in [7, 11) is 0. The number of aryl methyl sites for hydroxylation is 1. The molecule has 1 rings (SSSR count). The lowest BCUT2D eigenvalue weighted by Gasteiger charge is -2.02. The summed E-state index contributed by atoms with van der Waals surface area (Å²) in [6, 6.07) is 1.99. The maximum Gasteiger partial charge on any atom is 0.303 e. The van der Waals surface area contributed by atoms with Crippen molar-refractivity contribution in [3.8, 4) is 0 Å². The van der Waals surface area contributed by atoms with E-state index in [1.807, 2.05) is 0 Å². The predicted octanol–water partition coefficient (Wildman–Crippen LogP) is 2.74. The highest BCUT2D eigenvalue weighted by atomic mass is 79.9. The van der Waals surface area contributed by atoms with Gasteiger partial charge >= 0.3 is 5.97 Å². The van der Waals surface area contributed by atoms with E-state index in [0.717, 1.165) is 6.07 Å². The largest absolute Gasteiger partial charge is 0.481 e. The van der Waals surface area contributed by atoms with Crippen LogP contribution in [0.2, 0.25) is 0 Å². The molecule has 0 amide bonds. The zero-order chi connectivity index (χ0) is 10.7. The minimum absolute atomic E-state index is 0.0556. The molecule has 0 radical (unpaired) electrons. The molecule has 1 N–H and O–H groups in total. The number of carbonyl (C=O) groups is 1. The molecule has 0 saturated carbocycles. The van der Waals surface area contributed by atoms with Crippen LogP contribution in [-0.4, -0.2) is 11.1 Å². The molecular weight excluding hydrogens is 258 g/mol. The molecule has 0 aliphatic heterocycles. The van der Waals surface area contributed by atoms with Gasteiger partial charge in [0.2, 0.25) is 0 Å². The van der Waals surface area contributed by atoms with E-state index < -0.39 is 17.6 Å². The maximum atomic E-state index is 13.0. The van der Waals surface area contributed by atoms with Crippen LogP contribution in [0, 0.1) is 11.6 Å². The van der Waals surface area contributed by atoms with Gasteiger partial charge < -0.3 is 5.11 Å². The third-order valence-electron chi connectivity index (χ3n) is 1.70. The molecule has 0 saturated heterocycles. The average Bonchev–Trinajstić information content (AvgIpc) is 2.09. The zero-order valence-electron chi connectivity index (χ0n) is 7.06. The second kappa shape index (κ2) is 4.50. The Hall–Kier alpha value is -0.970. The van der Waals surface area contributed by atoms with E-state index in [1.165, 1.54) is 6.07 Å². The van der Waals surface area contributed by atoms with E-state index in [-0.39, 0.29) is 22.9 Å². The first-order chi connectivity index (χ1) is 6.50. The number of carboxylic acids is 1. The van der Waals surface area contributed by atoms with Gasteiger partial charge in [0, 0.05) is 12.5 Å². The fourth-order valence-electron chi connectivity index (χ4n) is 0.997. The van der Waals surface area contributed by atoms with Crippen LogP contribution in [0.15, 0.2) is 16.6 Å². The molecule has 0 aliphatic rings. The fourth-order valence-corrected chi connectivity index (χ4v) is 1.39. The second-order valence-corrected chi connectivity index (χ2v) is 3.61. The molecule has 0 bridgehead atoms. The van der Waals surface area contributed by atoms with Crippen LogP contribution in [0.25, 0.3) is 0 Å². The van der Waals surface area contributed by atoms with Crippen LogP contribution in [0.3, 0.4) is 0 Å². The van der Waals surface area contributed by atoms with E-state index in [0.29, 0.717) is 0 Å². The number of hydrogen-bond donors (Lipinski definition) is 1. The quantitative estimate of drug-likeness (QED) is 0.853. The van der Waals surface area contributed by atoms with Crippen molar-refractivity contribution in [2.45, 2.75) is 12.8 Å². The van der Waals surface area contributed by atoms with Gasteiger partial charge in [-0.15, -0.1) is 0 Å². The van der Waals surface area contributed by atoms with Crippen molar-refractivity contribution < 1.29 is 18.7 Å². The zero-order valence-corrected chi connectivity index (χ0v) is 8.64. The summed E-state index contributed by atoms with van der Waals surface area (Å²) in [5.41, 5.74) is 0.195. The Bertz CT molecular complexity index is 366. The van der Waals surface area contributed by atoms with E-state index in [2.05, 4.69) is 15.9 Å². The summed E-state index contributed by atoms with van der Waals surface area (Å²) in [6.45, 7) is 0. The second-order valence-electron chi connectivity index (χ2n) is 2.75. The normalized spacial score (nSPS) is 10.2. The SMILES string of the molecule is O=C(O)CCc1cc(Br)c(F)cc1F. The fraction of sp³-hybridized carbons (Fsp3) is 0.222. The number of hydrogen-bond acceptors (Lipinski definition) is 1. The smallest absolute Gasteiger partial charge is 0.303 e. The Morgan fingerprint density at radius 3 is 2.57 bits per heavy atom. The van der Waals surface area contributed by atoms with Crippen molar-refractivity contribution in [1.29, 1.82) is 0 Å². The predicted molar refractivity (Wildman–Crippen MR) is 50.0 cm³/mol. The van der Waals surface area contributed by atoms with Crippen LogP contribution in [-0.2, 0) is 11.2 Å². The number of benzene rings is 1. The lowest BCUT2D eigenvalue weighted by atomic mass is 10.1. The Kier molecular flexibility index (Phi) is 3.57. The highest BCUT2D eigenvalue weighted by Gasteiger charge is 2.09. The minimum atomic E-state index is -1.01. The monoisotopic (exact) mass is 264 g/mol. The highest BCUT2D eigenvalue weighted by molar-refractivity contribution is 9.10. The van der Waals surface area contributed by atoms with Crippen molar-refractivity contribution >= 4 is 21.9 Å². The van der Waals surface area contributed by atoms with Gasteiger partial charge in [0.05, 0.1) is 4.47 Å². The molecule has 1 aromatic carbocycles. The third-order valence-corrected chi connectivity index (χ3v) is 2.31. The van der Waals surface area contributed by atoms with Gasteiger partial charge in [0.1, 0.15) is 11.6 Å². The maximum absolute atomic E-state index is 13.0. The first-order valence-electron chi connectivity index (χ1n) is 3.86. The molecule has 76 valence electrons. The van der Waals surface area contributed by atoms with Gasteiger partial charge in [-0.05, 0) is 34.0 Å². The first-order valence-corrected chi connectivity index (χ1v) is 4.65. The highest BCUT2D eigenvalue weighted by Crippen LogP contribution is 2.20. The first kappa shape index (κ1) is 11.1. The van der Waals surface area contributed by atoms with Crippen LogP contribution < -0.4 is 0 Å². The van der Waals surface area contributed by atoms with Gasteiger partial charge in [0.15, 0.2) is 0 Å². The van der Waals surface area contributed by atoms with Gasteiger partial charge in [-0.2, -0.15) is 0 Å². The molecular formula is C9H7BrF2O2. The van der Waals surface area contributed by atoms with E-state index in [9.17, 15) is 13.6 Å². The average molecular weight is 265 g/mol. The molecule has 0 unspecified atom stereocenters. The number of aliphatic carboxylic acids is 1. The molecule has 5 heteroatoms. The summed E-state index contributed by atoms with van der Waals surface area (Å²) in [4.78, 5) is 10.2. The van der Waals surface area contributed by atoms with E-state index in [1.54, 1.807) is 0 Å². The summed E-state index contributed by atoms with van der Waals surface area (Å²) < 4.78 is 25.9. The Morgan fingerprint density at radius 2 is 2.00 bits per heavy atom. The van der Waals surface area contributed by atoms with Gasteiger partial charge in [-0.25, -0.2) is 8.78 Å². The molecule has 0 aromatic heterocycles. The van der Waals surface area contributed by atoms with Crippen molar-refractivity contribution in [3.63, 3.8) is 0 Å². The van der Waals surface area contributed by atoms with Gasteiger partial charge in [0.25, 0.3) is 0 Å². The van der Waals surface area contributed by atoms with Crippen molar-refractivity contribution in [2.24, 2.45) is 0 Å². The van der Waals surface area contributed by atoms with Crippen molar-refractivity contribution in [3.05, 3.63) is 33.8 Å². The van der Waals surface area contributed by atoms with Gasteiger partial charge in [-0.3, -0.25) is 4.79 Å². The lowest BCUT2D eigenvalue weighted by molar-refractivity contribution is -0.136. The Balaban J connectivity index is 2.87. The summed E-state index contributed by atoms with van der Waals surface area (Å²) in [5.74, 6) is -2.42. The molecule has 0 fully saturated rings. The molecule has 2 nitrogen and oxygen atoms in total. The van der Waals surface area contributed by atoms with E-state index in [4.69, 9.17) is 5.11 Å². The van der Waals surface area contributed by atoms with Crippen LogP contribution in [0.4, 0.5) is 8.78 Å². The summed E-state index contributed by atoms with van der Waals surface area (Å²) in [6.07, 6.45) is -0.116. The van der Waals surface area contributed by atoms with Gasteiger partial charge in [-0.1, -0.05) is 0 Å². The molecule has 1 aromatic rings. The number of rotatable bonds is 3. The topological polar surface area (TPSA) is 37.3 Å². The van der Waals surface area contributed by atoms with Crippen molar-refractivity contribution in [1.82, 2.24) is 0 Å². The Morgan fingerprint density at radius 1 is 1.36 bits per heavy atom. The van der Waals surface area contributed by atoms with Crippen LogP contribution >= 0.6 is 15.9 Å². The standard InChI is InChI=1S/C9H7BrF2O2/c10-6-3-5(1-2-9(13)14)7(11)4-8(6)12/h3-4H,1-2H2,(H,13,14). The number of halogens is 3. The molecule has 14 heavy (non-hydrogen) atoms. The molecule has 0 spiro atoms.